The summed E-state index contributed by atoms with van der Waals surface area (Å²) >= 11 is 0. The fourth-order valence-electron chi connectivity index (χ4n) is 2.95. The van der Waals surface area contributed by atoms with Gasteiger partial charge in [-0.25, -0.2) is 4.68 Å². The van der Waals surface area contributed by atoms with E-state index in [2.05, 4.69) is 10.4 Å². The Kier molecular flexibility index (Phi) is 4.80. The van der Waals surface area contributed by atoms with Gasteiger partial charge in [0, 0.05) is 6.07 Å². The molecule has 0 aliphatic heterocycles. The minimum Gasteiger partial charge on any atom is -0.481 e. The van der Waals surface area contributed by atoms with Crippen LogP contribution in [-0.4, -0.2) is 21.8 Å². The molecule has 1 aliphatic rings. The number of benzene rings is 1. The maximum absolute atomic E-state index is 12.4. The third kappa shape index (κ3) is 3.57. The molecule has 6 heteroatoms. The summed E-state index contributed by atoms with van der Waals surface area (Å²) in [6, 6.07) is 10.9. The average molecular weight is 324 g/mol. The number of carbonyl (C=O) groups excluding carboxylic acids is 1. The van der Waals surface area contributed by atoms with Crippen LogP contribution in [0.15, 0.2) is 36.5 Å². The molecule has 0 spiro atoms. The molecule has 1 saturated carbocycles. The Hall–Kier alpha value is -2.81. The van der Waals surface area contributed by atoms with Gasteiger partial charge in [0.25, 0.3) is 5.91 Å². The molecule has 1 heterocycles. The molecule has 0 radical (unpaired) electrons. The second-order valence-electron chi connectivity index (χ2n) is 5.98. The minimum absolute atomic E-state index is 0.223. The topological polar surface area (TPSA) is 79.9 Å². The van der Waals surface area contributed by atoms with Gasteiger partial charge in [0.05, 0.1) is 23.9 Å². The van der Waals surface area contributed by atoms with E-state index >= 15 is 0 Å². The Bertz CT molecular complexity index is 739. The number of rotatable bonds is 5. The molecule has 0 saturated heterocycles. The van der Waals surface area contributed by atoms with E-state index in [4.69, 9.17) is 10.00 Å². The van der Waals surface area contributed by atoms with Crippen LogP contribution in [0.5, 0.6) is 5.75 Å². The first-order valence-electron chi connectivity index (χ1n) is 8.18. The predicted molar refractivity (Wildman–Crippen MR) is 89.6 cm³/mol. The number of nitriles is 1. The van der Waals surface area contributed by atoms with E-state index in [9.17, 15) is 4.79 Å². The van der Waals surface area contributed by atoms with E-state index in [1.807, 2.05) is 16.8 Å². The van der Waals surface area contributed by atoms with Gasteiger partial charge in [0.2, 0.25) is 0 Å². The first kappa shape index (κ1) is 16.1. The second-order valence-corrected chi connectivity index (χ2v) is 5.98. The molecule has 24 heavy (non-hydrogen) atoms. The Labute approximate surface area is 141 Å². The number of aromatic nitrogens is 2. The lowest BCUT2D eigenvalue weighted by Crippen LogP contribution is -2.31. The lowest BCUT2D eigenvalue weighted by Gasteiger charge is -2.17. The zero-order chi connectivity index (χ0) is 16.9. The maximum Gasteiger partial charge on any atom is 0.266 e. The minimum atomic E-state index is -0.648. The summed E-state index contributed by atoms with van der Waals surface area (Å²) < 4.78 is 7.54. The van der Waals surface area contributed by atoms with Crippen molar-refractivity contribution >= 4 is 11.7 Å². The van der Waals surface area contributed by atoms with Gasteiger partial charge in [-0.2, -0.15) is 10.4 Å². The van der Waals surface area contributed by atoms with E-state index in [1.165, 1.54) is 12.8 Å². The van der Waals surface area contributed by atoms with Gasteiger partial charge in [-0.15, -0.1) is 0 Å². The highest BCUT2D eigenvalue weighted by Crippen LogP contribution is 2.31. The summed E-state index contributed by atoms with van der Waals surface area (Å²) in [4.78, 5) is 12.4. The molecule has 1 aromatic carbocycles. The Morgan fingerprint density at radius 2 is 2.04 bits per heavy atom. The summed E-state index contributed by atoms with van der Waals surface area (Å²) in [7, 11) is 0. The van der Waals surface area contributed by atoms with Crippen LogP contribution in [-0.2, 0) is 4.79 Å². The monoisotopic (exact) mass is 324 g/mol. The van der Waals surface area contributed by atoms with Gasteiger partial charge >= 0.3 is 0 Å². The van der Waals surface area contributed by atoms with E-state index in [0.717, 1.165) is 12.8 Å². The van der Waals surface area contributed by atoms with Crippen molar-refractivity contribution in [1.82, 2.24) is 9.78 Å². The van der Waals surface area contributed by atoms with Crippen molar-refractivity contribution in [3.8, 4) is 11.8 Å². The number of hydrogen-bond acceptors (Lipinski definition) is 4. The second kappa shape index (κ2) is 7.18. The highest BCUT2D eigenvalue weighted by molar-refractivity contribution is 5.93. The average Bonchev–Trinajstić information content (AvgIpc) is 3.26. The molecule has 1 amide bonds. The van der Waals surface area contributed by atoms with Crippen LogP contribution in [0.3, 0.4) is 0 Å². The maximum atomic E-state index is 12.4. The standard InChI is InChI=1S/C18H20N4O2/c1-13(24-16-8-6-14(12-19)7-9-16)18(23)21-17-10-11-20-22(17)15-4-2-3-5-15/h6-11,13,15H,2-5H2,1H3,(H,21,23). The van der Waals surface area contributed by atoms with Crippen molar-refractivity contribution in [3.05, 3.63) is 42.1 Å². The van der Waals surface area contributed by atoms with Gasteiger partial charge in [-0.1, -0.05) is 12.8 Å². The number of carbonyl (C=O) groups is 1. The quantitative estimate of drug-likeness (QED) is 0.915. The lowest BCUT2D eigenvalue weighted by molar-refractivity contribution is -0.122. The third-order valence-corrected chi connectivity index (χ3v) is 4.26. The summed E-state index contributed by atoms with van der Waals surface area (Å²) in [5, 5.41) is 16.0. The number of ether oxygens (including phenoxy) is 1. The Morgan fingerprint density at radius 1 is 1.33 bits per heavy atom. The molecule has 124 valence electrons. The molecular weight excluding hydrogens is 304 g/mol. The zero-order valence-electron chi connectivity index (χ0n) is 13.6. The Morgan fingerprint density at radius 3 is 2.71 bits per heavy atom. The Balaban J connectivity index is 1.62. The van der Waals surface area contributed by atoms with Crippen molar-refractivity contribution in [2.24, 2.45) is 0 Å². The summed E-state index contributed by atoms with van der Waals surface area (Å²) in [6.07, 6.45) is 5.67. The summed E-state index contributed by atoms with van der Waals surface area (Å²) in [6.45, 7) is 1.70. The molecule has 0 bridgehead atoms. The van der Waals surface area contributed by atoms with Crippen LogP contribution in [0.4, 0.5) is 5.82 Å². The largest absolute Gasteiger partial charge is 0.481 e. The van der Waals surface area contributed by atoms with E-state index in [-0.39, 0.29) is 5.91 Å². The molecule has 6 nitrogen and oxygen atoms in total. The molecule has 1 fully saturated rings. The summed E-state index contributed by atoms with van der Waals surface area (Å²) in [5.41, 5.74) is 0.555. The molecule has 1 N–H and O–H groups in total. The van der Waals surface area contributed by atoms with Crippen molar-refractivity contribution in [1.29, 1.82) is 5.26 Å². The highest BCUT2D eigenvalue weighted by atomic mass is 16.5. The number of nitrogens with one attached hydrogen (secondary N) is 1. The van der Waals surface area contributed by atoms with Crippen LogP contribution >= 0.6 is 0 Å². The van der Waals surface area contributed by atoms with Crippen molar-refractivity contribution in [3.63, 3.8) is 0 Å². The molecule has 3 rings (SSSR count). The van der Waals surface area contributed by atoms with Crippen molar-refractivity contribution in [2.75, 3.05) is 5.32 Å². The van der Waals surface area contributed by atoms with E-state index < -0.39 is 6.10 Å². The smallest absolute Gasteiger partial charge is 0.266 e. The van der Waals surface area contributed by atoms with Crippen LogP contribution in [0.1, 0.15) is 44.2 Å². The predicted octanol–water partition coefficient (Wildman–Crippen LogP) is 3.28. The van der Waals surface area contributed by atoms with Gasteiger partial charge < -0.3 is 10.1 Å². The molecule has 1 unspecified atom stereocenters. The number of amides is 1. The van der Waals surface area contributed by atoms with Crippen molar-refractivity contribution < 1.29 is 9.53 Å². The normalized spacial score (nSPS) is 15.7. The van der Waals surface area contributed by atoms with Gasteiger partial charge in [0.15, 0.2) is 6.10 Å². The number of anilines is 1. The fourth-order valence-corrected chi connectivity index (χ4v) is 2.95. The molecule has 1 aromatic heterocycles. The number of nitrogens with zero attached hydrogens (tertiary/aromatic N) is 3. The zero-order valence-corrected chi connectivity index (χ0v) is 13.6. The first-order valence-corrected chi connectivity index (χ1v) is 8.18. The SMILES string of the molecule is CC(Oc1ccc(C#N)cc1)C(=O)Nc1ccnn1C1CCCC1. The van der Waals surface area contributed by atoms with E-state index in [1.54, 1.807) is 37.4 Å². The highest BCUT2D eigenvalue weighted by Gasteiger charge is 2.22. The lowest BCUT2D eigenvalue weighted by atomic mass is 10.2. The van der Waals surface area contributed by atoms with Crippen LogP contribution < -0.4 is 10.1 Å². The molecule has 1 atom stereocenters. The first-order chi connectivity index (χ1) is 11.7. The van der Waals surface area contributed by atoms with Gasteiger partial charge in [-0.05, 0) is 44.0 Å². The van der Waals surface area contributed by atoms with Crippen molar-refractivity contribution in [2.45, 2.75) is 44.8 Å². The molecule has 1 aliphatic carbocycles. The van der Waals surface area contributed by atoms with E-state index in [0.29, 0.717) is 23.2 Å². The molecular formula is C18H20N4O2. The summed E-state index contributed by atoms with van der Waals surface area (Å²) in [5.74, 6) is 1.04. The fraction of sp³-hybridized carbons (Fsp3) is 0.389. The van der Waals surface area contributed by atoms with Gasteiger partial charge in [0.1, 0.15) is 11.6 Å². The van der Waals surface area contributed by atoms with Gasteiger partial charge in [-0.3, -0.25) is 4.79 Å². The van der Waals surface area contributed by atoms with Crippen LogP contribution in [0.2, 0.25) is 0 Å². The number of hydrogen-bond donors (Lipinski definition) is 1. The van der Waals surface area contributed by atoms with Crippen LogP contribution in [0.25, 0.3) is 0 Å². The molecule has 2 aromatic rings. The van der Waals surface area contributed by atoms with Crippen LogP contribution in [0, 0.1) is 11.3 Å². The third-order valence-electron chi connectivity index (χ3n) is 4.26.